The van der Waals surface area contributed by atoms with Crippen LogP contribution in [0.15, 0.2) is 0 Å². The van der Waals surface area contributed by atoms with Crippen LogP contribution in [0.1, 0.15) is 19.8 Å². The fraction of sp³-hybridized carbons (Fsp3) is 1.00. The molecule has 0 spiro atoms. The first kappa shape index (κ1) is 10.4. The molecule has 14 heavy (non-hydrogen) atoms. The number of nitrogens with zero attached hydrogens (tertiary/aromatic N) is 1. The van der Waals surface area contributed by atoms with Crippen molar-refractivity contribution in [2.24, 2.45) is 11.8 Å². The predicted molar refractivity (Wildman–Crippen MR) is 55.2 cm³/mol. The second kappa shape index (κ2) is 3.47. The van der Waals surface area contributed by atoms with Crippen molar-refractivity contribution in [1.29, 1.82) is 4.78 Å². The summed E-state index contributed by atoms with van der Waals surface area (Å²) in [6.07, 6.45) is 1.69. The Bertz CT molecular complexity index is 315. The Labute approximate surface area is 85.4 Å². The highest BCUT2D eigenvalue weighted by Crippen LogP contribution is 2.39. The van der Waals surface area contributed by atoms with Gasteiger partial charge in [0.05, 0.1) is 6.10 Å². The maximum absolute atomic E-state index is 11.8. The van der Waals surface area contributed by atoms with Gasteiger partial charge in [-0.05, 0) is 18.8 Å². The van der Waals surface area contributed by atoms with Crippen molar-refractivity contribution < 1.29 is 9.32 Å². The normalized spacial score (nSPS) is 42.3. The van der Waals surface area contributed by atoms with Gasteiger partial charge < -0.3 is 5.11 Å². The SMILES string of the molecule is CCS(=N)(=O)N1CC2CCC(O)C2C1. The number of aliphatic hydroxyl groups excluding tert-OH is 1. The van der Waals surface area contributed by atoms with Crippen molar-refractivity contribution in [3.8, 4) is 0 Å². The fourth-order valence-electron chi connectivity index (χ4n) is 2.62. The van der Waals surface area contributed by atoms with E-state index in [1.165, 1.54) is 0 Å². The molecule has 0 aromatic rings. The molecule has 0 bridgehead atoms. The first-order chi connectivity index (χ1) is 6.54. The third-order valence-electron chi connectivity index (χ3n) is 3.59. The van der Waals surface area contributed by atoms with E-state index in [4.69, 9.17) is 4.78 Å². The van der Waals surface area contributed by atoms with Crippen LogP contribution < -0.4 is 0 Å². The van der Waals surface area contributed by atoms with Gasteiger partial charge in [0, 0.05) is 24.8 Å². The highest BCUT2D eigenvalue weighted by molar-refractivity contribution is 7.90. The van der Waals surface area contributed by atoms with Crippen molar-refractivity contribution in [2.75, 3.05) is 18.8 Å². The second-order valence-corrected chi connectivity index (χ2v) is 6.72. The quantitative estimate of drug-likeness (QED) is 0.715. The van der Waals surface area contributed by atoms with E-state index in [0.717, 1.165) is 19.4 Å². The summed E-state index contributed by atoms with van der Waals surface area (Å²) < 4.78 is 21.3. The number of nitrogens with one attached hydrogen (secondary N) is 1. The molecule has 1 heterocycles. The molecule has 2 N–H and O–H groups in total. The lowest BCUT2D eigenvalue weighted by molar-refractivity contribution is 0.130. The van der Waals surface area contributed by atoms with Crippen molar-refractivity contribution in [2.45, 2.75) is 25.9 Å². The summed E-state index contributed by atoms with van der Waals surface area (Å²) >= 11 is 0. The van der Waals surface area contributed by atoms with E-state index in [1.54, 1.807) is 11.2 Å². The largest absolute Gasteiger partial charge is 0.393 e. The van der Waals surface area contributed by atoms with Crippen LogP contribution in [0.2, 0.25) is 0 Å². The molecule has 0 amide bonds. The van der Waals surface area contributed by atoms with Gasteiger partial charge in [-0.2, -0.15) is 0 Å². The Balaban J connectivity index is 2.09. The van der Waals surface area contributed by atoms with E-state index in [2.05, 4.69) is 0 Å². The van der Waals surface area contributed by atoms with Gasteiger partial charge in [-0.1, -0.05) is 6.92 Å². The molecule has 1 saturated heterocycles. The van der Waals surface area contributed by atoms with Crippen molar-refractivity contribution in [3.63, 3.8) is 0 Å². The summed E-state index contributed by atoms with van der Waals surface area (Å²) in [4.78, 5) is 0. The van der Waals surface area contributed by atoms with Gasteiger partial charge in [0.1, 0.15) is 9.92 Å². The molecule has 0 radical (unpaired) electrons. The smallest absolute Gasteiger partial charge is 0.107 e. The molecule has 0 aromatic heterocycles. The Kier molecular flexibility index (Phi) is 2.57. The van der Waals surface area contributed by atoms with E-state index >= 15 is 0 Å². The van der Waals surface area contributed by atoms with E-state index in [9.17, 15) is 9.32 Å². The topological polar surface area (TPSA) is 64.4 Å². The van der Waals surface area contributed by atoms with Gasteiger partial charge in [-0.15, -0.1) is 0 Å². The molecule has 0 aromatic carbocycles. The zero-order valence-electron chi connectivity index (χ0n) is 8.48. The summed E-state index contributed by atoms with van der Waals surface area (Å²) in [5.41, 5.74) is 0. The zero-order chi connectivity index (χ0) is 10.3. The van der Waals surface area contributed by atoms with Crippen LogP contribution in [0.3, 0.4) is 0 Å². The minimum atomic E-state index is -2.54. The molecular formula is C9H18N2O2S. The van der Waals surface area contributed by atoms with E-state index < -0.39 is 9.92 Å². The second-order valence-electron chi connectivity index (χ2n) is 4.34. The molecule has 4 nitrogen and oxygen atoms in total. The van der Waals surface area contributed by atoms with Crippen molar-refractivity contribution >= 4 is 9.92 Å². The average molecular weight is 218 g/mol. The fourth-order valence-corrected chi connectivity index (χ4v) is 3.83. The van der Waals surface area contributed by atoms with Gasteiger partial charge in [0.15, 0.2) is 0 Å². The summed E-state index contributed by atoms with van der Waals surface area (Å²) in [6.45, 7) is 3.19. The molecule has 5 heteroatoms. The Morgan fingerprint density at radius 2 is 2.21 bits per heavy atom. The molecule has 2 rings (SSSR count). The first-order valence-corrected chi connectivity index (χ1v) is 6.92. The van der Waals surface area contributed by atoms with Crippen LogP contribution in [0.25, 0.3) is 0 Å². The third kappa shape index (κ3) is 1.57. The summed E-state index contributed by atoms with van der Waals surface area (Å²) in [6, 6.07) is 0. The molecular weight excluding hydrogens is 200 g/mol. The summed E-state index contributed by atoms with van der Waals surface area (Å²) in [5.74, 6) is 1.14. The van der Waals surface area contributed by atoms with Crippen LogP contribution in [0, 0.1) is 16.6 Å². The Morgan fingerprint density at radius 3 is 2.79 bits per heavy atom. The Hall–Kier alpha value is -0.130. The zero-order valence-corrected chi connectivity index (χ0v) is 9.30. The number of fused-ring (bicyclic) bond motifs is 1. The number of rotatable bonds is 2. The predicted octanol–water partition coefficient (Wildman–Crippen LogP) is 0.671. The standard InChI is InChI=1S/C9H18N2O2S/c1-2-14(10,13)11-5-7-3-4-9(12)8(7)6-11/h7-10,12H,2-6H2,1H3. The van der Waals surface area contributed by atoms with E-state index in [-0.39, 0.29) is 12.0 Å². The number of hydrogen-bond acceptors (Lipinski definition) is 3. The molecule has 4 unspecified atom stereocenters. The highest BCUT2D eigenvalue weighted by Gasteiger charge is 2.43. The lowest BCUT2D eigenvalue weighted by atomic mass is 10.00. The maximum atomic E-state index is 11.8. The molecule has 1 aliphatic heterocycles. The minimum Gasteiger partial charge on any atom is -0.393 e. The lowest BCUT2D eigenvalue weighted by Crippen LogP contribution is -2.31. The van der Waals surface area contributed by atoms with Crippen LogP contribution in [-0.4, -0.2) is 38.6 Å². The molecule has 1 aliphatic carbocycles. The molecule has 4 atom stereocenters. The van der Waals surface area contributed by atoms with Gasteiger partial charge in [0.2, 0.25) is 0 Å². The highest BCUT2D eigenvalue weighted by atomic mass is 32.2. The molecule has 2 fully saturated rings. The van der Waals surface area contributed by atoms with Crippen LogP contribution in [-0.2, 0) is 9.92 Å². The summed E-state index contributed by atoms with van der Waals surface area (Å²) in [7, 11) is -2.54. The van der Waals surface area contributed by atoms with Crippen LogP contribution >= 0.6 is 0 Å². The van der Waals surface area contributed by atoms with Crippen molar-refractivity contribution in [1.82, 2.24) is 4.31 Å². The van der Waals surface area contributed by atoms with Gasteiger partial charge in [0.25, 0.3) is 0 Å². The van der Waals surface area contributed by atoms with E-state index in [0.29, 0.717) is 18.2 Å². The molecule has 2 aliphatic rings. The van der Waals surface area contributed by atoms with E-state index in [1.807, 2.05) is 0 Å². The molecule has 82 valence electrons. The van der Waals surface area contributed by atoms with Gasteiger partial charge in [-0.3, -0.25) is 0 Å². The molecule has 1 saturated carbocycles. The third-order valence-corrected chi connectivity index (χ3v) is 5.51. The van der Waals surface area contributed by atoms with Crippen LogP contribution in [0.4, 0.5) is 0 Å². The lowest BCUT2D eigenvalue weighted by Gasteiger charge is -2.19. The number of hydrogen-bond donors (Lipinski definition) is 2. The Morgan fingerprint density at radius 1 is 1.50 bits per heavy atom. The minimum absolute atomic E-state index is 0.225. The van der Waals surface area contributed by atoms with Gasteiger partial charge >= 0.3 is 0 Å². The van der Waals surface area contributed by atoms with Crippen molar-refractivity contribution in [3.05, 3.63) is 0 Å². The van der Waals surface area contributed by atoms with Crippen LogP contribution in [0.5, 0.6) is 0 Å². The number of aliphatic hydroxyl groups is 1. The monoisotopic (exact) mass is 218 g/mol. The summed E-state index contributed by atoms with van der Waals surface area (Å²) in [5, 5.41) is 9.67. The first-order valence-electron chi connectivity index (χ1n) is 5.24. The van der Waals surface area contributed by atoms with Gasteiger partial charge in [-0.25, -0.2) is 13.3 Å². The maximum Gasteiger partial charge on any atom is 0.107 e. The average Bonchev–Trinajstić information content (AvgIpc) is 2.69.